The summed E-state index contributed by atoms with van der Waals surface area (Å²) in [5.41, 5.74) is -0.259. The van der Waals surface area contributed by atoms with Gasteiger partial charge in [-0.2, -0.15) is 0 Å². The molecule has 0 aromatic carbocycles. The van der Waals surface area contributed by atoms with E-state index >= 15 is 0 Å². The standard InChI is InChI=1S/C22H47NO4Si/c1-20(2,3)27-19(24)18-23(9)14-12-22(7,8)13-15-25-16-17-26-28(10,11)21(4,5)6/h12-18H2,1-11H3. The van der Waals surface area contributed by atoms with Crippen LogP contribution in [0, 0.1) is 5.41 Å². The van der Waals surface area contributed by atoms with Crippen molar-refractivity contribution >= 4 is 14.3 Å². The Hall–Kier alpha value is -0.433. The van der Waals surface area contributed by atoms with Crippen LogP contribution in [0.5, 0.6) is 0 Å². The lowest BCUT2D eigenvalue weighted by Crippen LogP contribution is -2.41. The van der Waals surface area contributed by atoms with Crippen LogP contribution >= 0.6 is 0 Å². The second-order valence-corrected chi connectivity index (χ2v) is 16.0. The lowest BCUT2D eigenvalue weighted by Gasteiger charge is -2.36. The van der Waals surface area contributed by atoms with Gasteiger partial charge in [-0.15, -0.1) is 0 Å². The van der Waals surface area contributed by atoms with Crippen LogP contribution in [0.2, 0.25) is 18.1 Å². The van der Waals surface area contributed by atoms with Crippen LogP contribution in [-0.2, 0) is 18.7 Å². The van der Waals surface area contributed by atoms with E-state index in [9.17, 15) is 4.79 Å². The van der Waals surface area contributed by atoms with E-state index in [1.165, 1.54) is 0 Å². The molecule has 0 saturated carbocycles. The number of hydrogen-bond donors (Lipinski definition) is 0. The molecule has 0 aliphatic heterocycles. The summed E-state index contributed by atoms with van der Waals surface area (Å²) < 4.78 is 17.3. The van der Waals surface area contributed by atoms with E-state index in [-0.39, 0.29) is 16.4 Å². The highest BCUT2D eigenvalue weighted by Gasteiger charge is 2.36. The van der Waals surface area contributed by atoms with Gasteiger partial charge in [0.25, 0.3) is 0 Å². The average molecular weight is 418 g/mol. The minimum Gasteiger partial charge on any atom is -0.459 e. The number of carbonyl (C=O) groups excluding carboxylic acids is 1. The first kappa shape index (κ1) is 27.6. The summed E-state index contributed by atoms with van der Waals surface area (Å²) in [5, 5.41) is 0.236. The van der Waals surface area contributed by atoms with Crippen LogP contribution in [0.25, 0.3) is 0 Å². The maximum atomic E-state index is 11.9. The van der Waals surface area contributed by atoms with E-state index in [1.54, 1.807) is 0 Å². The van der Waals surface area contributed by atoms with Crippen molar-refractivity contribution in [2.24, 2.45) is 5.41 Å². The Kier molecular flexibility index (Phi) is 10.9. The van der Waals surface area contributed by atoms with Gasteiger partial charge >= 0.3 is 5.97 Å². The highest BCUT2D eigenvalue weighted by atomic mass is 28.4. The first-order valence-electron chi connectivity index (χ1n) is 10.6. The quantitative estimate of drug-likeness (QED) is 0.251. The predicted molar refractivity (Wildman–Crippen MR) is 120 cm³/mol. The van der Waals surface area contributed by atoms with E-state index in [2.05, 4.69) is 47.7 Å². The second kappa shape index (κ2) is 11.1. The van der Waals surface area contributed by atoms with Gasteiger partial charge in [-0.3, -0.25) is 9.69 Å². The molecule has 0 rings (SSSR count). The summed E-state index contributed by atoms with van der Waals surface area (Å²) >= 11 is 0. The van der Waals surface area contributed by atoms with Crippen molar-refractivity contribution in [1.82, 2.24) is 4.90 Å². The fraction of sp³-hybridized carbons (Fsp3) is 0.955. The lowest BCUT2D eigenvalue weighted by molar-refractivity contribution is -0.155. The fourth-order valence-electron chi connectivity index (χ4n) is 2.31. The van der Waals surface area contributed by atoms with E-state index in [1.807, 2.05) is 32.7 Å². The van der Waals surface area contributed by atoms with Crippen LogP contribution in [0.3, 0.4) is 0 Å². The van der Waals surface area contributed by atoms with Crippen molar-refractivity contribution < 1.29 is 18.7 Å². The Labute approximate surface area is 175 Å². The Morgan fingerprint density at radius 3 is 1.96 bits per heavy atom. The third kappa shape index (κ3) is 12.9. The summed E-state index contributed by atoms with van der Waals surface area (Å²) in [5.74, 6) is -0.169. The molecular weight excluding hydrogens is 370 g/mol. The Morgan fingerprint density at radius 2 is 1.46 bits per heavy atom. The van der Waals surface area contributed by atoms with Gasteiger partial charge in [-0.1, -0.05) is 34.6 Å². The number of esters is 1. The minimum atomic E-state index is -1.68. The molecule has 0 radical (unpaired) electrons. The molecule has 0 amide bonds. The zero-order valence-corrected chi connectivity index (χ0v) is 21.5. The molecule has 0 aromatic rings. The Morgan fingerprint density at radius 1 is 0.893 bits per heavy atom. The van der Waals surface area contributed by atoms with E-state index in [0.29, 0.717) is 19.8 Å². The molecule has 0 atom stereocenters. The summed E-state index contributed by atoms with van der Waals surface area (Å²) in [4.78, 5) is 13.9. The molecule has 5 nitrogen and oxygen atoms in total. The first-order valence-corrected chi connectivity index (χ1v) is 13.5. The molecule has 0 aliphatic rings. The molecule has 0 aliphatic carbocycles. The summed E-state index contributed by atoms with van der Waals surface area (Å²) in [6.07, 6.45) is 2.00. The second-order valence-electron chi connectivity index (χ2n) is 11.2. The largest absolute Gasteiger partial charge is 0.459 e. The summed E-state index contributed by atoms with van der Waals surface area (Å²) in [6, 6.07) is 0. The summed E-state index contributed by atoms with van der Waals surface area (Å²) in [6.45, 7) is 24.7. The highest BCUT2D eigenvalue weighted by molar-refractivity contribution is 6.74. The minimum absolute atomic E-state index is 0.169. The molecule has 0 unspecified atom stereocenters. The number of rotatable bonds is 12. The molecular formula is C22H47NO4Si. The molecule has 0 bridgehead atoms. The van der Waals surface area contributed by atoms with Crippen LogP contribution in [0.1, 0.15) is 68.2 Å². The van der Waals surface area contributed by atoms with Crippen molar-refractivity contribution in [2.45, 2.75) is 92.0 Å². The van der Waals surface area contributed by atoms with Gasteiger partial charge < -0.3 is 13.9 Å². The molecule has 0 N–H and O–H groups in total. The third-order valence-corrected chi connectivity index (χ3v) is 9.95. The average Bonchev–Trinajstić information content (AvgIpc) is 2.45. The smallest absolute Gasteiger partial charge is 0.320 e. The van der Waals surface area contributed by atoms with Crippen molar-refractivity contribution in [2.75, 3.05) is 40.0 Å². The van der Waals surface area contributed by atoms with Crippen molar-refractivity contribution in [1.29, 1.82) is 0 Å². The van der Waals surface area contributed by atoms with Gasteiger partial charge in [-0.25, -0.2) is 0 Å². The molecule has 6 heteroatoms. The van der Waals surface area contributed by atoms with Crippen molar-refractivity contribution in [3.63, 3.8) is 0 Å². The van der Waals surface area contributed by atoms with Gasteiger partial charge in [0.05, 0.1) is 19.8 Å². The lowest BCUT2D eigenvalue weighted by atomic mass is 9.86. The van der Waals surface area contributed by atoms with Crippen molar-refractivity contribution in [3.05, 3.63) is 0 Å². The Bertz CT molecular complexity index is 464. The van der Waals surface area contributed by atoms with Crippen LogP contribution in [0.4, 0.5) is 0 Å². The fourth-order valence-corrected chi connectivity index (χ4v) is 3.34. The van der Waals surface area contributed by atoms with Gasteiger partial charge in [-0.05, 0) is 70.8 Å². The Balaban J connectivity index is 4.01. The monoisotopic (exact) mass is 417 g/mol. The van der Waals surface area contributed by atoms with Gasteiger partial charge in [0.15, 0.2) is 8.32 Å². The van der Waals surface area contributed by atoms with Crippen LogP contribution < -0.4 is 0 Å². The van der Waals surface area contributed by atoms with E-state index in [4.69, 9.17) is 13.9 Å². The summed E-state index contributed by atoms with van der Waals surface area (Å²) in [7, 11) is 0.288. The zero-order valence-electron chi connectivity index (χ0n) is 20.5. The number of likely N-dealkylation sites (N-methyl/N-ethyl adjacent to an activating group) is 1. The third-order valence-electron chi connectivity index (χ3n) is 5.41. The normalized spacial score (nSPS) is 13.9. The van der Waals surface area contributed by atoms with Crippen LogP contribution in [-0.4, -0.2) is 64.7 Å². The topological polar surface area (TPSA) is 48.0 Å². The van der Waals surface area contributed by atoms with Crippen LogP contribution in [0.15, 0.2) is 0 Å². The van der Waals surface area contributed by atoms with E-state index in [0.717, 1.165) is 26.0 Å². The predicted octanol–water partition coefficient (Wildman–Crippen LogP) is 5.10. The number of nitrogens with zero attached hydrogens (tertiary/aromatic N) is 1. The molecule has 0 heterocycles. The molecule has 28 heavy (non-hydrogen) atoms. The number of hydrogen-bond acceptors (Lipinski definition) is 5. The number of ether oxygens (including phenoxy) is 2. The maximum absolute atomic E-state index is 11.9. The molecule has 0 saturated heterocycles. The van der Waals surface area contributed by atoms with Crippen molar-refractivity contribution in [3.8, 4) is 0 Å². The molecule has 0 spiro atoms. The number of carbonyl (C=O) groups is 1. The highest BCUT2D eigenvalue weighted by Crippen LogP contribution is 2.36. The SMILES string of the molecule is CN(CCC(C)(C)CCOCCO[Si](C)(C)C(C)(C)C)CC(=O)OC(C)(C)C. The first-order chi connectivity index (χ1) is 12.5. The molecule has 0 aromatic heterocycles. The maximum Gasteiger partial charge on any atom is 0.320 e. The van der Waals surface area contributed by atoms with Gasteiger partial charge in [0, 0.05) is 6.61 Å². The van der Waals surface area contributed by atoms with Gasteiger partial charge in [0.1, 0.15) is 5.60 Å². The molecule has 168 valence electrons. The van der Waals surface area contributed by atoms with E-state index < -0.39 is 13.9 Å². The zero-order chi connectivity index (χ0) is 22.2. The molecule has 0 fully saturated rings. The van der Waals surface area contributed by atoms with Gasteiger partial charge in [0.2, 0.25) is 0 Å².